The lowest BCUT2D eigenvalue weighted by atomic mass is 10.0. The summed E-state index contributed by atoms with van der Waals surface area (Å²) in [5.41, 5.74) is 1.81. The minimum absolute atomic E-state index is 0. The quantitative estimate of drug-likeness (QED) is 0.720. The number of piperazine rings is 1. The summed E-state index contributed by atoms with van der Waals surface area (Å²) in [6.07, 6.45) is 0. The molecule has 0 saturated carbocycles. The van der Waals surface area contributed by atoms with Gasteiger partial charge in [0.2, 0.25) is 5.91 Å². The minimum atomic E-state index is -0.199. The van der Waals surface area contributed by atoms with Crippen LogP contribution in [0.1, 0.15) is 38.1 Å². The third-order valence-corrected chi connectivity index (χ3v) is 4.90. The minimum Gasteiger partial charge on any atom is -0.314 e. The molecular formula is C20H30Cl3N5O. The monoisotopic (exact) mass is 461 g/mol. The zero-order valence-corrected chi connectivity index (χ0v) is 19.6. The summed E-state index contributed by atoms with van der Waals surface area (Å²) in [5, 5.41) is 11.7. The number of carbonyl (C=O) groups excluding carboxylic acids is 1. The summed E-state index contributed by atoms with van der Waals surface area (Å²) in [7, 11) is 0. The van der Waals surface area contributed by atoms with Crippen LogP contribution in [0.3, 0.4) is 0 Å². The molecule has 6 nitrogen and oxygen atoms in total. The highest BCUT2D eigenvalue weighted by Crippen LogP contribution is 2.25. The van der Waals surface area contributed by atoms with E-state index in [1.54, 1.807) is 0 Å². The SMILES string of the molecule is Cc1cc(NC(=O)CN2CCNCC2c2cccc(Cl)c2)n(C(C)(C)C)n1.Cl.Cl. The van der Waals surface area contributed by atoms with Gasteiger partial charge in [-0.3, -0.25) is 9.69 Å². The maximum Gasteiger partial charge on any atom is 0.239 e. The van der Waals surface area contributed by atoms with Gasteiger partial charge in [-0.05, 0) is 45.4 Å². The van der Waals surface area contributed by atoms with E-state index in [4.69, 9.17) is 11.6 Å². The second-order valence-corrected chi connectivity index (χ2v) is 8.48. The molecule has 29 heavy (non-hydrogen) atoms. The molecule has 0 bridgehead atoms. The van der Waals surface area contributed by atoms with Gasteiger partial charge in [0.1, 0.15) is 5.82 Å². The maximum atomic E-state index is 12.8. The molecule has 1 aliphatic rings. The summed E-state index contributed by atoms with van der Waals surface area (Å²) in [4.78, 5) is 15.0. The van der Waals surface area contributed by atoms with Gasteiger partial charge in [-0.25, -0.2) is 4.68 Å². The molecule has 1 unspecified atom stereocenters. The van der Waals surface area contributed by atoms with Gasteiger partial charge in [-0.1, -0.05) is 23.7 Å². The maximum absolute atomic E-state index is 12.8. The smallest absolute Gasteiger partial charge is 0.239 e. The molecule has 3 rings (SSSR count). The number of anilines is 1. The number of halogens is 3. The first-order valence-electron chi connectivity index (χ1n) is 9.31. The number of hydrogen-bond donors (Lipinski definition) is 2. The number of nitrogens with one attached hydrogen (secondary N) is 2. The number of nitrogens with zero attached hydrogens (tertiary/aromatic N) is 3. The van der Waals surface area contributed by atoms with Crippen molar-refractivity contribution in [3.8, 4) is 0 Å². The Kier molecular flexibility index (Phi) is 9.44. The van der Waals surface area contributed by atoms with Crippen molar-refractivity contribution in [3.63, 3.8) is 0 Å². The summed E-state index contributed by atoms with van der Waals surface area (Å²) >= 11 is 6.16. The van der Waals surface area contributed by atoms with Crippen molar-refractivity contribution >= 4 is 48.1 Å². The summed E-state index contributed by atoms with van der Waals surface area (Å²) < 4.78 is 1.87. The van der Waals surface area contributed by atoms with Crippen molar-refractivity contribution < 1.29 is 4.79 Å². The molecule has 2 aromatic rings. The molecule has 0 radical (unpaired) electrons. The van der Waals surface area contributed by atoms with Crippen LogP contribution in [0.5, 0.6) is 0 Å². The lowest BCUT2D eigenvalue weighted by Crippen LogP contribution is -2.48. The number of rotatable bonds is 4. The number of benzene rings is 1. The highest BCUT2D eigenvalue weighted by molar-refractivity contribution is 6.30. The number of carbonyl (C=O) groups is 1. The Balaban J connectivity index is 0.00000210. The van der Waals surface area contributed by atoms with E-state index in [9.17, 15) is 4.79 Å². The Morgan fingerprint density at radius 3 is 2.69 bits per heavy atom. The van der Waals surface area contributed by atoms with Crippen LogP contribution in [0.15, 0.2) is 30.3 Å². The first kappa shape index (κ1) is 25.7. The Morgan fingerprint density at radius 1 is 1.31 bits per heavy atom. The van der Waals surface area contributed by atoms with Crippen LogP contribution in [0, 0.1) is 6.92 Å². The summed E-state index contributed by atoms with van der Waals surface area (Å²) in [5.74, 6) is 0.703. The van der Waals surface area contributed by atoms with E-state index in [-0.39, 0.29) is 42.3 Å². The molecule has 2 heterocycles. The van der Waals surface area contributed by atoms with Gasteiger partial charge in [0, 0.05) is 36.8 Å². The van der Waals surface area contributed by atoms with Crippen LogP contribution in [0.25, 0.3) is 0 Å². The standard InChI is InChI=1S/C20H28ClN5O.2ClH/c1-14-10-18(26(24-14)20(2,3)4)23-19(27)13-25-9-8-22-12-17(25)15-6-5-7-16(21)11-15;;/h5-7,10-11,17,22H,8-9,12-13H2,1-4H3,(H,23,27);2*1H. The molecule has 0 aliphatic carbocycles. The third-order valence-electron chi connectivity index (χ3n) is 4.67. The van der Waals surface area contributed by atoms with Crippen molar-refractivity contribution in [1.82, 2.24) is 20.0 Å². The molecular weight excluding hydrogens is 433 g/mol. The van der Waals surface area contributed by atoms with Crippen LogP contribution >= 0.6 is 36.4 Å². The molecule has 1 aromatic heterocycles. The predicted molar refractivity (Wildman–Crippen MR) is 124 cm³/mol. The van der Waals surface area contributed by atoms with Crippen LogP contribution in [0.2, 0.25) is 5.02 Å². The molecule has 1 fully saturated rings. The number of aryl methyl sites for hydroxylation is 1. The third kappa shape index (κ3) is 6.59. The van der Waals surface area contributed by atoms with Crippen molar-refractivity contribution in [2.24, 2.45) is 0 Å². The largest absolute Gasteiger partial charge is 0.314 e. The first-order valence-corrected chi connectivity index (χ1v) is 9.69. The fourth-order valence-corrected chi connectivity index (χ4v) is 3.64. The second kappa shape index (κ2) is 10.6. The van der Waals surface area contributed by atoms with Crippen molar-refractivity contribution in [3.05, 3.63) is 46.6 Å². The Bertz CT molecular complexity index is 819. The normalized spacial score (nSPS) is 17.2. The molecule has 9 heteroatoms. The predicted octanol–water partition coefficient (Wildman–Crippen LogP) is 4.03. The Morgan fingerprint density at radius 2 is 2.03 bits per heavy atom. The van der Waals surface area contributed by atoms with E-state index >= 15 is 0 Å². The van der Waals surface area contributed by atoms with E-state index in [0.717, 1.165) is 36.7 Å². The zero-order chi connectivity index (χ0) is 19.6. The van der Waals surface area contributed by atoms with Gasteiger partial charge in [-0.15, -0.1) is 24.8 Å². The second-order valence-electron chi connectivity index (χ2n) is 8.05. The van der Waals surface area contributed by atoms with Crippen LogP contribution < -0.4 is 10.6 Å². The molecule has 1 saturated heterocycles. The van der Waals surface area contributed by atoms with Crippen LogP contribution in [-0.2, 0) is 10.3 Å². The topological polar surface area (TPSA) is 62.2 Å². The molecule has 1 atom stereocenters. The molecule has 162 valence electrons. The van der Waals surface area contributed by atoms with Crippen molar-refractivity contribution in [1.29, 1.82) is 0 Å². The lowest BCUT2D eigenvalue weighted by Gasteiger charge is -2.36. The average molecular weight is 463 g/mol. The highest BCUT2D eigenvalue weighted by atomic mass is 35.5. The first-order chi connectivity index (χ1) is 12.7. The Labute approximate surface area is 190 Å². The number of aromatic nitrogens is 2. The fraction of sp³-hybridized carbons (Fsp3) is 0.500. The van der Waals surface area contributed by atoms with Gasteiger partial charge in [0.15, 0.2) is 0 Å². The fourth-order valence-electron chi connectivity index (χ4n) is 3.44. The van der Waals surface area contributed by atoms with E-state index in [1.807, 2.05) is 35.9 Å². The van der Waals surface area contributed by atoms with Gasteiger partial charge in [-0.2, -0.15) is 5.10 Å². The summed E-state index contributed by atoms with van der Waals surface area (Å²) in [6, 6.07) is 9.89. The van der Waals surface area contributed by atoms with Gasteiger partial charge in [0.25, 0.3) is 0 Å². The van der Waals surface area contributed by atoms with E-state index in [2.05, 4.69) is 47.5 Å². The average Bonchev–Trinajstić information content (AvgIpc) is 2.96. The molecule has 1 amide bonds. The highest BCUT2D eigenvalue weighted by Gasteiger charge is 2.27. The van der Waals surface area contributed by atoms with Crippen molar-refractivity contribution in [2.75, 3.05) is 31.5 Å². The van der Waals surface area contributed by atoms with Gasteiger partial charge in [0.05, 0.1) is 17.8 Å². The van der Waals surface area contributed by atoms with Crippen LogP contribution in [0.4, 0.5) is 5.82 Å². The Hall–Kier alpha value is -1.31. The van der Waals surface area contributed by atoms with E-state index in [0.29, 0.717) is 11.6 Å². The molecule has 1 aromatic carbocycles. The number of hydrogen-bond acceptors (Lipinski definition) is 4. The lowest BCUT2D eigenvalue weighted by molar-refractivity contribution is -0.118. The van der Waals surface area contributed by atoms with Crippen LogP contribution in [-0.4, -0.2) is 46.8 Å². The number of amides is 1. The summed E-state index contributed by atoms with van der Waals surface area (Å²) in [6.45, 7) is 10.9. The zero-order valence-electron chi connectivity index (χ0n) is 17.2. The molecule has 0 spiro atoms. The van der Waals surface area contributed by atoms with E-state index < -0.39 is 0 Å². The molecule has 1 aliphatic heterocycles. The van der Waals surface area contributed by atoms with Crippen molar-refractivity contribution in [2.45, 2.75) is 39.3 Å². The van der Waals surface area contributed by atoms with E-state index in [1.165, 1.54) is 0 Å². The molecule has 2 N–H and O–H groups in total. The van der Waals surface area contributed by atoms with Gasteiger partial charge < -0.3 is 10.6 Å². The van der Waals surface area contributed by atoms with Gasteiger partial charge >= 0.3 is 0 Å².